The molecule has 0 aliphatic rings. The Morgan fingerprint density at radius 1 is 0.871 bits per heavy atom. The van der Waals surface area contributed by atoms with Crippen molar-refractivity contribution in [1.29, 1.82) is 0 Å². The fourth-order valence-corrected chi connectivity index (χ4v) is 4.67. The third kappa shape index (κ3) is 3.96. The molecule has 0 atom stereocenters. The smallest absolute Gasteiger partial charge is 0.227 e. The van der Waals surface area contributed by atoms with Crippen molar-refractivity contribution in [2.45, 2.75) is 36.6 Å². The van der Waals surface area contributed by atoms with E-state index >= 15 is 0 Å². The van der Waals surface area contributed by atoms with E-state index in [-0.39, 0.29) is 9.92 Å². The Morgan fingerprint density at radius 3 is 2.06 bits per heavy atom. The number of hydrogen-bond acceptors (Lipinski definition) is 5. The lowest BCUT2D eigenvalue weighted by Crippen LogP contribution is -2.06. The highest BCUT2D eigenvalue weighted by molar-refractivity contribution is 7.91. The SMILES string of the molecule is Cc1ccc(-c2c(S(=O)(=O)c3ccc(C(C)C)cc3)nnn2-c2ccc(N)cc2)cc1. The van der Waals surface area contributed by atoms with Crippen molar-refractivity contribution >= 4 is 15.5 Å². The van der Waals surface area contributed by atoms with Crippen LogP contribution in [0.2, 0.25) is 0 Å². The molecule has 31 heavy (non-hydrogen) atoms. The summed E-state index contributed by atoms with van der Waals surface area (Å²) in [5.74, 6) is 0.311. The molecule has 2 N–H and O–H groups in total. The van der Waals surface area contributed by atoms with Gasteiger partial charge >= 0.3 is 0 Å². The summed E-state index contributed by atoms with van der Waals surface area (Å²) in [5.41, 5.74) is 10.4. The van der Waals surface area contributed by atoms with Crippen LogP contribution in [0.15, 0.2) is 82.7 Å². The summed E-state index contributed by atoms with van der Waals surface area (Å²) >= 11 is 0. The van der Waals surface area contributed by atoms with Gasteiger partial charge in [0.15, 0.2) is 0 Å². The number of nitrogens with zero attached hydrogens (tertiary/aromatic N) is 3. The molecule has 0 aliphatic carbocycles. The van der Waals surface area contributed by atoms with Crippen molar-refractivity contribution in [2.75, 3.05) is 5.73 Å². The lowest BCUT2D eigenvalue weighted by molar-refractivity contribution is 0.592. The van der Waals surface area contributed by atoms with Gasteiger partial charge in [-0.15, -0.1) is 5.10 Å². The van der Waals surface area contributed by atoms with Crippen LogP contribution in [0.1, 0.15) is 30.9 Å². The first-order valence-electron chi connectivity index (χ1n) is 10.0. The molecule has 0 saturated carbocycles. The van der Waals surface area contributed by atoms with Crippen molar-refractivity contribution < 1.29 is 8.42 Å². The summed E-state index contributed by atoms with van der Waals surface area (Å²) in [6.07, 6.45) is 0. The largest absolute Gasteiger partial charge is 0.399 e. The Morgan fingerprint density at radius 2 is 1.48 bits per heavy atom. The van der Waals surface area contributed by atoms with Gasteiger partial charge in [-0.3, -0.25) is 0 Å². The maximum Gasteiger partial charge on any atom is 0.227 e. The molecular formula is C24H24N4O2S. The molecule has 0 aliphatic heterocycles. The van der Waals surface area contributed by atoms with E-state index in [0.29, 0.717) is 28.6 Å². The predicted octanol–water partition coefficient (Wildman–Crippen LogP) is 4.78. The molecule has 4 rings (SSSR count). The van der Waals surface area contributed by atoms with E-state index in [2.05, 4.69) is 24.2 Å². The number of aryl methyl sites for hydroxylation is 1. The normalized spacial score (nSPS) is 11.7. The van der Waals surface area contributed by atoms with Gasteiger partial charge in [0.1, 0.15) is 5.69 Å². The van der Waals surface area contributed by atoms with Gasteiger partial charge < -0.3 is 5.73 Å². The van der Waals surface area contributed by atoms with E-state index < -0.39 is 9.84 Å². The highest BCUT2D eigenvalue weighted by Gasteiger charge is 2.29. The van der Waals surface area contributed by atoms with E-state index in [4.69, 9.17) is 5.73 Å². The monoisotopic (exact) mass is 432 g/mol. The van der Waals surface area contributed by atoms with Crippen LogP contribution in [0, 0.1) is 6.92 Å². The van der Waals surface area contributed by atoms with Crippen LogP contribution in [0.5, 0.6) is 0 Å². The van der Waals surface area contributed by atoms with Crippen LogP contribution < -0.4 is 5.73 Å². The highest BCUT2D eigenvalue weighted by atomic mass is 32.2. The molecule has 158 valence electrons. The maximum absolute atomic E-state index is 13.5. The Bertz CT molecular complexity index is 1310. The van der Waals surface area contributed by atoms with Crippen molar-refractivity contribution in [2.24, 2.45) is 0 Å². The van der Waals surface area contributed by atoms with Gasteiger partial charge in [-0.25, -0.2) is 13.1 Å². The molecule has 0 spiro atoms. The third-order valence-electron chi connectivity index (χ3n) is 5.21. The highest BCUT2D eigenvalue weighted by Crippen LogP contribution is 2.32. The molecule has 4 aromatic rings. The van der Waals surface area contributed by atoms with Crippen LogP contribution in [-0.4, -0.2) is 23.4 Å². The number of nitrogen functional groups attached to an aromatic ring is 1. The Hall–Kier alpha value is -3.45. The zero-order valence-electron chi connectivity index (χ0n) is 17.6. The maximum atomic E-state index is 13.5. The van der Waals surface area contributed by atoms with E-state index in [0.717, 1.165) is 11.1 Å². The average molecular weight is 433 g/mol. The first-order chi connectivity index (χ1) is 14.8. The summed E-state index contributed by atoms with van der Waals surface area (Å²) in [6.45, 7) is 6.11. The number of rotatable bonds is 5. The fraction of sp³-hybridized carbons (Fsp3) is 0.167. The number of benzene rings is 3. The van der Waals surface area contributed by atoms with Gasteiger partial charge in [-0.2, -0.15) is 0 Å². The number of hydrogen-bond donors (Lipinski definition) is 1. The summed E-state index contributed by atoms with van der Waals surface area (Å²) in [4.78, 5) is 0.189. The molecule has 0 unspecified atom stereocenters. The topological polar surface area (TPSA) is 90.9 Å². The van der Waals surface area contributed by atoms with Crippen LogP contribution >= 0.6 is 0 Å². The van der Waals surface area contributed by atoms with Crippen LogP contribution in [-0.2, 0) is 9.84 Å². The standard InChI is InChI=1S/C24H24N4O2S/c1-16(2)18-8-14-22(15-9-18)31(29,30)24-23(19-6-4-17(3)5-7-19)28(27-26-24)21-12-10-20(25)11-13-21/h4-16H,25H2,1-3H3. The molecule has 6 nitrogen and oxygen atoms in total. The van der Waals surface area contributed by atoms with Gasteiger partial charge in [-0.05, 0) is 54.8 Å². The minimum absolute atomic E-state index is 0.0783. The molecule has 1 heterocycles. The van der Waals surface area contributed by atoms with Gasteiger partial charge in [0.25, 0.3) is 0 Å². The van der Waals surface area contributed by atoms with Gasteiger partial charge in [0, 0.05) is 11.3 Å². The number of sulfone groups is 1. The zero-order valence-corrected chi connectivity index (χ0v) is 18.5. The first kappa shape index (κ1) is 20.8. The second-order valence-electron chi connectivity index (χ2n) is 7.84. The molecule has 0 radical (unpaired) electrons. The Balaban J connectivity index is 1.91. The van der Waals surface area contributed by atoms with Gasteiger partial charge in [0.05, 0.1) is 10.6 Å². The molecule has 0 fully saturated rings. The fourth-order valence-electron chi connectivity index (χ4n) is 3.35. The van der Waals surface area contributed by atoms with Crippen LogP contribution in [0.4, 0.5) is 5.69 Å². The van der Waals surface area contributed by atoms with Crippen molar-refractivity contribution in [1.82, 2.24) is 15.0 Å². The molecule has 0 amide bonds. The predicted molar refractivity (Wildman–Crippen MR) is 122 cm³/mol. The minimum atomic E-state index is -3.88. The second kappa shape index (κ2) is 8.00. The van der Waals surface area contributed by atoms with Gasteiger partial charge in [-0.1, -0.05) is 61.0 Å². The summed E-state index contributed by atoms with van der Waals surface area (Å²) in [6, 6.07) is 21.6. The number of aromatic nitrogens is 3. The van der Waals surface area contributed by atoms with Crippen LogP contribution in [0.25, 0.3) is 16.9 Å². The van der Waals surface area contributed by atoms with Crippen molar-refractivity contribution in [3.63, 3.8) is 0 Å². The Kier molecular flexibility index (Phi) is 5.37. The molecular weight excluding hydrogens is 408 g/mol. The summed E-state index contributed by atoms with van der Waals surface area (Å²) < 4.78 is 28.6. The molecule has 7 heteroatoms. The van der Waals surface area contributed by atoms with Crippen LogP contribution in [0.3, 0.4) is 0 Å². The van der Waals surface area contributed by atoms with E-state index in [1.54, 1.807) is 41.1 Å². The summed E-state index contributed by atoms with van der Waals surface area (Å²) in [7, 11) is -3.88. The van der Waals surface area contributed by atoms with Crippen molar-refractivity contribution in [3.8, 4) is 16.9 Å². The van der Waals surface area contributed by atoms with Gasteiger partial charge in [0.2, 0.25) is 14.9 Å². The van der Waals surface area contributed by atoms with Crippen molar-refractivity contribution in [3.05, 3.63) is 83.9 Å². The summed E-state index contributed by atoms with van der Waals surface area (Å²) in [5, 5.41) is 8.23. The first-order valence-corrected chi connectivity index (χ1v) is 11.5. The molecule has 0 saturated heterocycles. The Labute approximate surface area is 182 Å². The lowest BCUT2D eigenvalue weighted by Gasteiger charge is -2.10. The zero-order chi connectivity index (χ0) is 22.2. The molecule has 3 aromatic carbocycles. The van der Waals surface area contributed by atoms with E-state index in [9.17, 15) is 8.42 Å². The lowest BCUT2D eigenvalue weighted by atomic mass is 10.0. The average Bonchev–Trinajstić information content (AvgIpc) is 3.21. The van der Waals surface area contributed by atoms with E-state index in [1.807, 2.05) is 43.3 Å². The second-order valence-corrected chi connectivity index (χ2v) is 9.70. The quantitative estimate of drug-likeness (QED) is 0.458. The van der Waals surface area contributed by atoms with E-state index in [1.165, 1.54) is 0 Å². The third-order valence-corrected chi connectivity index (χ3v) is 6.89. The number of anilines is 1. The molecule has 1 aromatic heterocycles. The molecule has 0 bridgehead atoms. The minimum Gasteiger partial charge on any atom is -0.399 e. The number of nitrogens with two attached hydrogens (primary N) is 1.